The van der Waals surface area contributed by atoms with E-state index in [0.29, 0.717) is 0 Å². The molecule has 3 aromatic rings. The molecule has 3 heterocycles. The van der Waals surface area contributed by atoms with E-state index in [-0.39, 0.29) is 0 Å². The van der Waals surface area contributed by atoms with Crippen LogP contribution in [-0.2, 0) is 6.54 Å². The van der Waals surface area contributed by atoms with Crippen molar-refractivity contribution in [3.8, 4) is 5.69 Å². The Morgan fingerprint density at radius 1 is 0.660 bits per heavy atom. The fourth-order valence-corrected chi connectivity index (χ4v) is 12.5. The molecule has 0 N–H and O–H groups in total. The van der Waals surface area contributed by atoms with Crippen LogP contribution >= 0.6 is 71.8 Å². The number of rotatable bonds is 20. The highest BCUT2D eigenvalue weighted by Crippen LogP contribution is 2.57. The zero-order chi connectivity index (χ0) is 32.8. The van der Waals surface area contributed by atoms with Gasteiger partial charge in [-0.05, 0) is 67.0 Å². The van der Waals surface area contributed by atoms with Crippen LogP contribution in [0.1, 0.15) is 97.8 Å². The maximum atomic E-state index is 6.28. The number of nitrogens with zero attached hydrogens (tertiary/aromatic N) is 5. The fourth-order valence-electron chi connectivity index (χ4n) is 5.82. The van der Waals surface area contributed by atoms with Gasteiger partial charge in [-0.15, -0.1) is 14.9 Å². The number of thioether (sulfide) groups is 1. The molecule has 0 saturated carbocycles. The third-order valence-corrected chi connectivity index (χ3v) is 14.7. The lowest BCUT2D eigenvalue weighted by Gasteiger charge is -2.35. The van der Waals surface area contributed by atoms with Crippen LogP contribution in [0.3, 0.4) is 0 Å². The van der Waals surface area contributed by atoms with E-state index in [0.717, 1.165) is 41.6 Å². The molecule has 47 heavy (non-hydrogen) atoms. The van der Waals surface area contributed by atoms with Crippen LogP contribution in [-0.4, -0.2) is 35.3 Å². The summed E-state index contributed by atoms with van der Waals surface area (Å²) >= 11 is 15.7. The van der Waals surface area contributed by atoms with Crippen LogP contribution in [0.2, 0.25) is 0 Å². The summed E-state index contributed by atoms with van der Waals surface area (Å²) in [4.78, 5) is 2.62. The highest BCUT2D eigenvalue weighted by Gasteiger charge is 2.38. The fraction of sp³-hybridized carbons (Fsp3) is 0.528. The summed E-state index contributed by atoms with van der Waals surface area (Å²) in [6.07, 6.45) is 15.6. The van der Waals surface area contributed by atoms with Gasteiger partial charge in [0.25, 0.3) is 0 Å². The number of benzene rings is 2. The van der Waals surface area contributed by atoms with Gasteiger partial charge in [0.05, 0.1) is 11.6 Å². The van der Waals surface area contributed by atoms with Crippen molar-refractivity contribution < 1.29 is 0 Å². The third-order valence-electron chi connectivity index (χ3n) is 8.34. The van der Waals surface area contributed by atoms with E-state index in [1.165, 1.54) is 96.4 Å². The van der Waals surface area contributed by atoms with Gasteiger partial charge in [0.15, 0.2) is 4.77 Å². The third kappa shape index (κ3) is 10.0. The summed E-state index contributed by atoms with van der Waals surface area (Å²) in [6.45, 7) is 8.90. The number of aromatic nitrogens is 2. The predicted molar refractivity (Wildman–Crippen MR) is 216 cm³/mol. The normalized spacial score (nSPS) is 15.2. The molecule has 256 valence electrons. The van der Waals surface area contributed by atoms with E-state index in [2.05, 4.69) is 103 Å². The molecule has 1 aromatic heterocycles. The molecular weight excluding hydrogens is 695 g/mol. The van der Waals surface area contributed by atoms with Gasteiger partial charge >= 0.3 is 0 Å². The van der Waals surface area contributed by atoms with Crippen molar-refractivity contribution in [2.45, 2.75) is 114 Å². The van der Waals surface area contributed by atoms with Gasteiger partial charge in [-0.3, -0.25) is 8.87 Å². The predicted octanol–water partition coefficient (Wildman–Crippen LogP) is 13.0. The van der Waals surface area contributed by atoms with Crippen LogP contribution in [0, 0.1) is 4.77 Å². The Kier molecular flexibility index (Phi) is 15.8. The lowest BCUT2D eigenvalue weighted by Crippen LogP contribution is -2.31. The molecule has 0 amide bonds. The molecule has 0 bridgehead atoms. The van der Waals surface area contributed by atoms with Gasteiger partial charge in [-0.25, -0.2) is 0 Å². The zero-order valence-electron chi connectivity index (χ0n) is 28.3. The standard InChI is InChI=1S/C36H51N5S6/c1-4-7-9-11-13-21-27-37-29-44-40(31-25-19-16-20-26-31)35-32(37)45-41(47-35)46-33-34(43-6-3)39(30-23-17-15-18-24-30)36(42)38(33)28-22-14-12-10-8-5-2/h15-20,23-26H,4-14,21-22,27-29H2,1-3H3. The quantitative estimate of drug-likeness (QED) is 0.0483. The monoisotopic (exact) mass is 745 g/mol. The summed E-state index contributed by atoms with van der Waals surface area (Å²) in [5.74, 6) is 1.97. The van der Waals surface area contributed by atoms with Crippen molar-refractivity contribution in [1.82, 2.24) is 17.1 Å². The van der Waals surface area contributed by atoms with Crippen molar-refractivity contribution in [2.24, 2.45) is 0 Å². The van der Waals surface area contributed by atoms with Crippen molar-refractivity contribution in [3.05, 3.63) is 75.5 Å². The second-order valence-electron chi connectivity index (χ2n) is 11.9. The topological polar surface area (TPSA) is 19.6 Å². The molecule has 0 radical (unpaired) electrons. The Labute approximate surface area is 310 Å². The lowest BCUT2D eigenvalue weighted by molar-refractivity contribution is 0.402. The van der Waals surface area contributed by atoms with Gasteiger partial charge < -0.3 is 9.47 Å². The largest absolute Gasteiger partial charge is 0.352 e. The molecule has 2 aliphatic rings. The summed E-state index contributed by atoms with van der Waals surface area (Å²) in [7, 11) is 0. The number of imidazole rings is 1. The molecule has 0 fully saturated rings. The minimum absolute atomic E-state index is 0.904. The molecule has 11 heteroatoms. The molecule has 2 aliphatic heterocycles. The molecule has 0 spiro atoms. The van der Waals surface area contributed by atoms with Crippen LogP contribution in [0.15, 0.2) is 80.8 Å². The van der Waals surface area contributed by atoms with Crippen LogP contribution in [0.5, 0.6) is 0 Å². The highest BCUT2D eigenvalue weighted by molar-refractivity contribution is 8.30. The number of hydrogen-bond donors (Lipinski definition) is 0. The summed E-state index contributed by atoms with van der Waals surface area (Å²) in [6, 6.07) is 21.6. The molecule has 0 saturated heterocycles. The summed E-state index contributed by atoms with van der Waals surface area (Å²) < 4.78 is 10.5. The molecule has 0 atom stereocenters. The molecule has 0 aliphatic carbocycles. The molecule has 0 unspecified atom stereocenters. The minimum atomic E-state index is 0.904. The van der Waals surface area contributed by atoms with Gasteiger partial charge in [0.1, 0.15) is 20.1 Å². The Morgan fingerprint density at radius 3 is 1.87 bits per heavy atom. The average Bonchev–Trinajstić information content (AvgIpc) is 3.63. The number of para-hydroxylation sites is 2. The zero-order valence-corrected chi connectivity index (χ0v) is 33.2. The van der Waals surface area contributed by atoms with E-state index in [1.54, 1.807) is 0 Å². The van der Waals surface area contributed by atoms with Crippen molar-refractivity contribution in [2.75, 3.05) is 22.5 Å². The SMILES string of the molecule is CCCCCCCCN1CSN(c2ccccc2)C2=C1SN(Sc1c(SCC)n(-c3ccccc3)c(=S)n1CCCCCCCC)S2. The van der Waals surface area contributed by atoms with E-state index in [4.69, 9.17) is 12.2 Å². The van der Waals surface area contributed by atoms with Gasteiger partial charge in [0, 0.05) is 54.6 Å². The first-order valence-corrected chi connectivity index (χ1v) is 22.2. The van der Waals surface area contributed by atoms with E-state index in [1.807, 2.05) is 59.6 Å². The van der Waals surface area contributed by atoms with Crippen molar-refractivity contribution in [3.63, 3.8) is 0 Å². The average molecular weight is 746 g/mol. The lowest BCUT2D eigenvalue weighted by atomic mass is 10.1. The Morgan fingerprint density at radius 2 is 1.23 bits per heavy atom. The number of anilines is 1. The van der Waals surface area contributed by atoms with Gasteiger partial charge in [-0.2, -0.15) is 0 Å². The van der Waals surface area contributed by atoms with Crippen molar-refractivity contribution >= 4 is 77.5 Å². The van der Waals surface area contributed by atoms with Crippen molar-refractivity contribution in [1.29, 1.82) is 0 Å². The van der Waals surface area contributed by atoms with Gasteiger partial charge in [0.2, 0.25) is 0 Å². The summed E-state index contributed by atoms with van der Waals surface area (Å²) in [5, 5.41) is 5.22. The number of hydrogen-bond acceptors (Lipinski definition) is 9. The smallest absolute Gasteiger partial charge is 0.186 e. The minimum Gasteiger partial charge on any atom is -0.352 e. The molecular formula is C36H51N5S6. The Hall–Kier alpha value is -1.08. The van der Waals surface area contributed by atoms with E-state index < -0.39 is 0 Å². The summed E-state index contributed by atoms with van der Waals surface area (Å²) in [5.41, 5.74) is 2.39. The molecule has 2 aromatic carbocycles. The van der Waals surface area contributed by atoms with Crippen LogP contribution < -0.4 is 4.31 Å². The van der Waals surface area contributed by atoms with E-state index >= 15 is 0 Å². The highest BCUT2D eigenvalue weighted by atomic mass is 32.3. The maximum Gasteiger partial charge on any atom is 0.186 e. The first kappa shape index (κ1) is 37.2. The molecule has 5 nitrogen and oxygen atoms in total. The first-order valence-electron chi connectivity index (χ1n) is 17.5. The second-order valence-corrected chi connectivity index (χ2v) is 17.9. The Bertz CT molecular complexity index is 1460. The van der Waals surface area contributed by atoms with Crippen LogP contribution in [0.4, 0.5) is 5.69 Å². The second kappa shape index (κ2) is 19.9. The van der Waals surface area contributed by atoms with Gasteiger partial charge in [-0.1, -0.05) is 121 Å². The first-order chi connectivity index (χ1) is 23.2. The number of unbranched alkanes of at least 4 members (excludes halogenated alkanes) is 10. The van der Waals surface area contributed by atoms with E-state index in [9.17, 15) is 0 Å². The maximum absolute atomic E-state index is 6.28. The van der Waals surface area contributed by atoms with Crippen LogP contribution in [0.25, 0.3) is 5.69 Å². The molecule has 5 rings (SSSR count). The Balaban J connectivity index is 1.40.